The van der Waals surface area contributed by atoms with E-state index >= 15 is 0 Å². The van der Waals surface area contributed by atoms with E-state index in [9.17, 15) is 0 Å². The molecular weight excluding hydrogens is 320 g/mol. The number of aromatic nitrogens is 4. The number of para-hydroxylation sites is 4. The summed E-state index contributed by atoms with van der Waals surface area (Å²) in [5.74, 6) is 0. The van der Waals surface area contributed by atoms with Gasteiger partial charge in [0, 0.05) is 6.07 Å². The van der Waals surface area contributed by atoms with Crippen LogP contribution in [0.1, 0.15) is 0 Å². The van der Waals surface area contributed by atoms with E-state index in [0.717, 1.165) is 11.4 Å². The van der Waals surface area contributed by atoms with Crippen LogP contribution >= 0.6 is 0 Å². The minimum absolute atomic E-state index is 1.15. The highest BCUT2D eigenvalue weighted by Crippen LogP contribution is 2.21. The molecule has 126 valence electrons. The molecule has 5 rings (SSSR count). The third-order valence-electron chi connectivity index (χ3n) is 5.01. The molecule has 0 aliphatic rings. The van der Waals surface area contributed by atoms with Gasteiger partial charge in [-0.15, -0.1) is 0 Å². The van der Waals surface area contributed by atoms with Crippen molar-refractivity contribution in [2.45, 2.75) is 0 Å². The van der Waals surface area contributed by atoms with Gasteiger partial charge in [0.1, 0.15) is 11.4 Å². The lowest BCUT2D eigenvalue weighted by Gasteiger charge is -2.01. The van der Waals surface area contributed by atoms with Crippen molar-refractivity contribution >= 4 is 22.1 Å². The van der Waals surface area contributed by atoms with Crippen LogP contribution in [0.2, 0.25) is 0 Å². The van der Waals surface area contributed by atoms with E-state index in [1.807, 2.05) is 0 Å². The lowest BCUT2D eigenvalue weighted by atomic mass is 10.2. The first-order chi connectivity index (χ1) is 12.7. The Balaban J connectivity index is 1.72. The van der Waals surface area contributed by atoms with E-state index in [4.69, 9.17) is 0 Å². The van der Waals surface area contributed by atoms with Crippen LogP contribution in [0.5, 0.6) is 0 Å². The largest absolute Gasteiger partial charge is 0.249 e. The van der Waals surface area contributed by atoms with E-state index < -0.39 is 0 Å². The first-order valence-electron chi connectivity index (χ1n) is 8.74. The zero-order valence-electron chi connectivity index (χ0n) is 14.9. The summed E-state index contributed by atoms with van der Waals surface area (Å²) in [5.41, 5.74) is 7.15. The van der Waals surface area contributed by atoms with Gasteiger partial charge >= 0.3 is 0 Å². The van der Waals surface area contributed by atoms with Crippen molar-refractivity contribution in [1.29, 1.82) is 0 Å². The minimum atomic E-state index is 1.15. The molecule has 2 heterocycles. The number of imidazole rings is 2. The van der Waals surface area contributed by atoms with Gasteiger partial charge in [0.2, 0.25) is 12.7 Å². The fourth-order valence-corrected chi connectivity index (χ4v) is 3.73. The maximum Gasteiger partial charge on any atom is 0.249 e. The highest BCUT2D eigenvalue weighted by molar-refractivity contribution is 5.76. The molecule has 0 aliphatic heterocycles. The Labute approximate surface area is 151 Å². The highest BCUT2D eigenvalue weighted by atomic mass is 15.1. The van der Waals surface area contributed by atoms with Crippen molar-refractivity contribution in [3.05, 3.63) is 85.5 Å². The highest BCUT2D eigenvalue weighted by Gasteiger charge is 2.18. The maximum atomic E-state index is 2.24. The summed E-state index contributed by atoms with van der Waals surface area (Å²) in [6.45, 7) is 0. The predicted octanol–water partition coefficient (Wildman–Crippen LogP) is 3.22. The number of benzene rings is 3. The number of nitrogens with zero attached hydrogens (tertiary/aromatic N) is 4. The monoisotopic (exact) mass is 340 g/mol. The fourth-order valence-electron chi connectivity index (χ4n) is 3.73. The molecule has 5 aromatic rings. The van der Waals surface area contributed by atoms with Crippen LogP contribution in [0.15, 0.2) is 85.5 Å². The first kappa shape index (κ1) is 14.9. The van der Waals surface area contributed by atoms with Crippen LogP contribution in [-0.4, -0.2) is 9.13 Å². The maximum absolute atomic E-state index is 2.24. The predicted molar refractivity (Wildman–Crippen MR) is 102 cm³/mol. The first-order valence-corrected chi connectivity index (χ1v) is 8.74. The summed E-state index contributed by atoms with van der Waals surface area (Å²) in [7, 11) is 4.17. The zero-order chi connectivity index (χ0) is 17.7. The van der Waals surface area contributed by atoms with Gasteiger partial charge in [0.05, 0.1) is 14.1 Å². The molecule has 3 aromatic carbocycles. The Bertz CT molecular complexity index is 1160. The lowest BCUT2D eigenvalue weighted by molar-refractivity contribution is -0.645. The summed E-state index contributed by atoms with van der Waals surface area (Å²) in [4.78, 5) is 0. The Morgan fingerprint density at radius 3 is 1.54 bits per heavy atom. The van der Waals surface area contributed by atoms with Gasteiger partial charge in [-0.25, -0.2) is 9.13 Å². The third-order valence-corrected chi connectivity index (χ3v) is 5.01. The number of aryl methyl sites for hydroxylation is 2. The normalized spacial score (nSPS) is 11.5. The second-order valence-corrected chi connectivity index (χ2v) is 6.69. The number of rotatable bonds is 2. The van der Waals surface area contributed by atoms with Crippen molar-refractivity contribution in [3.8, 4) is 11.4 Å². The topological polar surface area (TPSA) is 17.6 Å². The van der Waals surface area contributed by atoms with Crippen molar-refractivity contribution < 1.29 is 9.13 Å². The molecule has 0 bridgehead atoms. The van der Waals surface area contributed by atoms with Crippen molar-refractivity contribution in [2.24, 2.45) is 14.1 Å². The summed E-state index contributed by atoms with van der Waals surface area (Å²) in [6, 6.07) is 25.6. The molecule has 4 nitrogen and oxygen atoms in total. The molecule has 0 radical (unpaired) electrons. The van der Waals surface area contributed by atoms with Crippen molar-refractivity contribution in [3.63, 3.8) is 0 Å². The molecule has 0 amide bonds. The van der Waals surface area contributed by atoms with Gasteiger partial charge in [-0.05, 0) is 36.4 Å². The molecule has 0 saturated carbocycles. The lowest BCUT2D eigenvalue weighted by Crippen LogP contribution is -2.25. The van der Waals surface area contributed by atoms with Crippen molar-refractivity contribution in [2.75, 3.05) is 0 Å². The molecule has 0 unspecified atom stereocenters. The summed E-state index contributed by atoms with van der Waals surface area (Å²) in [6.07, 6.45) is 4.27. The molecule has 26 heavy (non-hydrogen) atoms. The Morgan fingerprint density at radius 1 is 0.577 bits per heavy atom. The van der Waals surface area contributed by atoms with Gasteiger partial charge in [-0.3, -0.25) is 0 Å². The molecule has 2 aromatic heterocycles. The quantitative estimate of drug-likeness (QED) is 0.439. The van der Waals surface area contributed by atoms with Gasteiger partial charge in [-0.2, -0.15) is 9.13 Å². The summed E-state index contributed by atoms with van der Waals surface area (Å²) in [5, 5.41) is 0. The zero-order valence-corrected chi connectivity index (χ0v) is 14.9. The van der Waals surface area contributed by atoms with Gasteiger partial charge in [0.25, 0.3) is 0 Å². The van der Waals surface area contributed by atoms with E-state index in [1.165, 1.54) is 22.1 Å². The molecule has 0 spiro atoms. The van der Waals surface area contributed by atoms with Gasteiger partial charge in [0.15, 0.2) is 22.1 Å². The standard InChI is InChI=1S/C22H20N4/c1-23-15-25(21-12-5-3-10-19(21)23)17-8-7-9-18(14-17)26-16-24(2)20-11-4-6-13-22(20)26/h3-16H,1-2H3/q+2. The molecule has 0 saturated heterocycles. The smallest absolute Gasteiger partial charge is 0.232 e. The van der Waals surface area contributed by atoms with E-state index in [2.05, 4.69) is 118 Å². The average Bonchev–Trinajstić information content (AvgIpc) is 3.20. The van der Waals surface area contributed by atoms with Crippen LogP contribution < -0.4 is 9.13 Å². The van der Waals surface area contributed by atoms with Crippen molar-refractivity contribution in [1.82, 2.24) is 9.13 Å². The minimum Gasteiger partial charge on any atom is -0.232 e. The average molecular weight is 340 g/mol. The molecule has 0 aliphatic carbocycles. The SMILES string of the molecule is C[n+]1cn(-c2cccc(-n3c[n+](C)c4ccccc43)c2)c2ccccc21. The second kappa shape index (κ2) is 5.56. The Hall–Kier alpha value is -3.40. The third kappa shape index (κ3) is 2.15. The number of hydrogen-bond acceptors (Lipinski definition) is 0. The van der Waals surface area contributed by atoms with E-state index in [1.54, 1.807) is 0 Å². The van der Waals surface area contributed by atoms with E-state index in [0.29, 0.717) is 0 Å². The Kier molecular flexibility index (Phi) is 3.19. The second-order valence-electron chi connectivity index (χ2n) is 6.69. The van der Waals surface area contributed by atoms with E-state index in [-0.39, 0.29) is 0 Å². The van der Waals surface area contributed by atoms with Gasteiger partial charge in [-0.1, -0.05) is 30.3 Å². The fraction of sp³-hybridized carbons (Fsp3) is 0.0909. The summed E-state index contributed by atoms with van der Waals surface area (Å²) >= 11 is 0. The molecule has 4 heteroatoms. The molecule has 0 fully saturated rings. The Morgan fingerprint density at radius 2 is 1.04 bits per heavy atom. The number of hydrogen-bond donors (Lipinski definition) is 0. The molecule has 0 N–H and O–H groups in total. The number of fused-ring (bicyclic) bond motifs is 2. The summed E-state index contributed by atoms with van der Waals surface area (Å²) < 4.78 is 8.80. The van der Waals surface area contributed by atoms with Crippen LogP contribution in [0, 0.1) is 0 Å². The van der Waals surface area contributed by atoms with Crippen LogP contribution in [-0.2, 0) is 14.1 Å². The molecule has 0 atom stereocenters. The van der Waals surface area contributed by atoms with Crippen LogP contribution in [0.4, 0.5) is 0 Å². The van der Waals surface area contributed by atoms with Gasteiger partial charge < -0.3 is 0 Å². The molecular formula is C22H20N4+2. The van der Waals surface area contributed by atoms with Crippen LogP contribution in [0.25, 0.3) is 33.4 Å². The van der Waals surface area contributed by atoms with Crippen LogP contribution in [0.3, 0.4) is 0 Å².